The molecule has 18 heavy (non-hydrogen) atoms. The quantitative estimate of drug-likeness (QED) is 0.744. The first kappa shape index (κ1) is 12.9. The summed E-state index contributed by atoms with van der Waals surface area (Å²) in [7, 11) is 0. The van der Waals surface area contributed by atoms with Crippen LogP contribution >= 0.6 is 0 Å². The number of rotatable bonds is 2. The number of phenolic OH excluding ortho intramolecular Hbond substituents is 1. The first-order valence-electron chi connectivity index (χ1n) is 6.62. The van der Waals surface area contributed by atoms with E-state index in [0.29, 0.717) is 11.7 Å². The van der Waals surface area contributed by atoms with Gasteiger partial charge in [-0.2, -0.15) is 0 Å². The van der Waals surface area contributed by atoms with Gasteiger partial charge in [0.1, 0.15) is 5.75 Å². The molecule has 0 amide bonds. The first-order valence-corrected chi connectivity index (χ1v) is 6.62. The lowest BCUT2D eigenvalue weighted by Gasteiger charge is -2.31. The van der Waals surface area contributed by atoms with E-state index < -0.39 is 0 Å². The summed E-state index contributed by atoms with van der Waals surface area (Å²) in [6.07, 6.45) is 4.58. The van der Waals surface area contributed by atoms with Crippen molar-refractivity contribution in [3.63, 3.8) is 0 Å². The second-order valence-corrected chi connectivity index (χ2v) is 5.54. The maximum atomic E-state index is 10.2. The highest BCUT2D eigenvalue weighted by Gasteiger charge is 2.28. The summed E-state index contributed by atoms with van der Waals surface area (Å²) in [6.45, 7) is 10.5. The van der Waals surface area contributed by atoms with Crippen molar-refractivity contribution in [2.24, 2.45) is 5.92 Å². The predicted octanol–water partition coefficient (Wildman–Crippen LogP) is 4.72. The van der Waals surface area contributed by atoms with Crippen molar-refractivity contribution < 1.29 is 5.11 Å². The van der Waals surface area contributed by atoms with Crippen molar-refractivity contribution in [3.8, 4) is 5.75 Å². The zero-order valence-electron chi connectivity index (χ0n) is 11.5. The average Bonchev–Trinajstić information content (AvgIpc) is 2.28. The Labute approximate surface area is 110 Å². The standard InChI is InChI=1S/C17H22O/c1-11(2)14-9-8-12(3)10-15(14)17-13(4)6-5-7-16(17)18/h5-7,10,14-15,18H,1,8-9H2,2-4H3. The lowest BCUT2D eigenvalue weighted by molar-refractivity contribution is 0.435. The Hall–Kier alpha value is -1.50. The SMILES string of the molecule is C=C(C)C1CCC(C)=CC1c1c(C)cccc1O. The van der Waals surface area contributed by atoms with Crippen LogP contribution in [0.5, 0.6) is 5.75 Å². The number of benzene rings is 1. The number of hydrogen-bond acceptors (Lipinski definition) is 1. The molecule has 1 aromatic rings. The van der Waals surface area contributed by atoms with Gasteiger partial charge >= 0.3 is 0 Å². The molecule has 0 aromatic heterocycles. The number of aromatic hydroxyl groups is 1. The molecule has 1 heteroatoms. The molecule has 0 bridgehead atoms. The molecule has 2 unspecified atom stereocenters. The number of phenols is 1. The van der Waals surface area contributed by atoms with Crippen molar-refractivity contribution in [3.05, 3.63) is 53.1 Å². The summed E-state index contributed by atoms with van der Waals surface area (Å²) in [4.78, 5) is 0. The molecule has 2 atom stereocenters. The minimum Gasteiger partial charge on any atom is -0.508 e. The molecule has 96 valence electrons. The number of aryl methyl sites for hydroxylation is 1. The van der Waals surface area contributed by atoms with Crippen LogP contribution in [-0.4, -0.2) is 5.11 Å². The molecular weight excluding hydrogens is 220 g/mol. The minimum absolute atomic E-state index is 0.275. The molecule has 0 fully saturated rings. The molecule has 0 heterocycles. The van der Waals surface area contributed by atoms with Crippen LogP contribution in [0, 0.1) is 12.8 Å². The molecule has 1 aliphatic carbocycles. The third-order valence-corrected chi connectivity index (χ3v) is 4.01. The zero-order valence-corrected chi connectivity index (χ0v) is 11.5. The van der Waals surface area contributed by atoms with Crippen molar-refractivity contribution in [2.75, 3.05) is 0 Å². The monoisotopic (exact) mass is 242 g/mol. The summed E-state index contributed by atoms with van der Waals surface area (Å²) in [5.41, 5.74) is 4.87. The molecule has 1 aliphatic rings. The number of allylic oxidation sites excluding steroid dienone is 3. The molecular formula is C17H22O. The van der Waals surface area contributed by atoms with E-state index in [1.54, 1.807) is 6.07 Å². The van der Waals surface area contributed by atoms with Crippen molar-refractivity contribution in [1.82, 2.24) is 0 Å². The highest BCUT2D eigenvalue weighted by atomic mass is 16.3. The highest BCUT2D eigenvalue weighted by Crippen LogP contribution is 2.43. The molecule has 0 spiro atoms. The van der Waals surface area contributed by atoms with Crippen LogP contribution in [0.25, 0.3) is 0 Å². The van der Waals surface area contributed by atoms with E-state index in [2.05, 4.69) is 39.5 Å². The zero-order chi connectivity index (χ0) is 13.3. The van der Waals surface area contributed by atoms with Crippen molar-refractivity contribution in [2.45, 2.75) is 39.5 Å². The van der Waals surface area contributed by atoms with Crippen molar-refractivity contribution >= 4 is 0 Å². The third kappa shape index (κ3) is 2.35. The Morgan fingerprint density at radius 1 is 1.33 bits per heavy atom. The second-order valence-electron chi connectivity index (χ2n) is 5.54. The van der Waals surface area contributed by atoms with Crippen LogP contribution in [0.4, 0.5) is 0 Å². The van der Waals surface area contributed by atoms with Gasteiger partial charge in [0.05, 0.1) is 0 Å². The summed E-state index contributed by atoms with van der Waals surface area (Å²) in [5.74, 6) is 1.13. The van der Waals surface area contributed by atoms with E-state index in [0.717, 1.165) is 24.0 Å². The van der Waals surface area contributed by atoms with E-state index in [9.17, 15) is 5.11 Å². The predicted molar refractivity (Wildman–Crippen MR) is 76.9 cm³/mol. The normalized spacial score (nSPS) is 23.6. The molecule has 1 N–H and O–H groups in total. The van der Waals surface area contributed by atoms with Crippen LogP contribution < -0.4 is 0 Å². The average molecular weight is 242 g/mol. The molecule has 0 aliphatic heterocycles. The topological polar surface area (TPSA) is 20.2 Å². The van der Waals surface area contributed by atoms with Gasteiger partial charge in [-0.25, -0.2) is 0 Å². The van der Waals surface area contributed by atoms with Crippen LogP contribution in [0.15, 0.2) is 42.0 Å². The van der Waals surface area contributed by atoms with E-state index in [1.165, 1.54) is 11.1 Å². The molecule has 2 rings (SSSR count). The Kier molecular flexibility index (Phi) is 3.60. The van der Waals surface area contributed by atoms with Gasteiger partial charge in [0.15, 0.2) is 0 Å². The summed E-state index contributed by atoms with van der Waals surface area (Å²) in [6, 6.07) is 5.77. The van der Waals surface area contributed by atoms with Gasteiger partial charge < -0.3 is 5.11 Å². The molecule has 1 nitrogen and oxygen atoms in total. The van der Waals surface area contributed by atoms with E-state index >= 15 is 0 Å². The van der Waals surface area contributed by atoms with Gasteiger partial charge in [0.25, 0.3) is 0 Å². The Morgan fingerprint density at radius 2 is 2.06 bits per heavy atom. The molecule has 1 aromatic carbocycles. The largest absolute Gasteiger partial charge is 0.508 e. The van der Waals surface area contributed by atoms with Gasteiger partial charge in [-0.15, -0.1) is 0 Å². The first-order chi connectivity index (χ1) is 8.50. The summed E-state index contributed by atoms with van der Waals surface area (Å²) >= 11 is 0. The van der Waals surface area contributed by atoms with Gasteiger partial charge in [-0.3, -0.25) is 0 Å². The summed E-state index contributed by atoms with van der Waals surface area (Å²) in [5, 5.41) is 10.2. The van der Waals surface area contributed by atoms with E-state index in [-0.39, 0.29) is 5.92 Å². The van der Waals surface area contributed by atoms with Gasteiger partial charge in [-0.05, 0) is 51.2 Å². The molecule has 0 radical (unpaired) electrons. The maximum Gasteiger partial charge on any atom is 0.119 e. The van der Waals surface area contributed by atoms with Crippen LogP contribution in [-0.2, 0) is 0 Å². The fourth-order valence-corrected chi connectivity index (χ4v) is 3.01. The molecule has 0 saturated carbocycles. The summed E-state index contributed by atoms with van der Waals surface area (Å²) < 4.78 is 0. The Balaban J connectivity index is 2.51. The van der Waals surface area contributed by atoms with Crippen LogP contribution in [0.2, 0.25) is 0 Å². The fourth-order valence-electron chi connectivity index (χ4n) is 3.01. The van der Waals surface area contributed by atoms with E-state index in [1.807, 2.05) is 6.07 Å². The van der Waals surface area contributed by atoms with Crippen LogP contribution in [0.1, 0.15) is 43.7 Å². The van der Waals surface area contributed by atoms with Gasteiger partial charge in [0, 0.05) is 11.5 Å². The van der Waals surface area contributed by atoms with Gasteiger partial charge in [0.2, 0.25) is 0 Å². The minimum atomic E-state index is 0.275. The third-order valence-electron chi connectivity index (χ3n) is 4.01. The lowest BCUT2D eigenvalue weighted by atomic mass is 9.73. The van der Waals surface area contributed by atoms with Crippen molar-refractivity contribution in [1.29, 1.82) is 0 Å². The molecule has 0 saturated heterocycles. The lowest BCUT2D eigenvalue weighted by Crippen LogP contribution is -2.17. The fraction of sp³-hybridized carbons (Fsp3) is 0.412. The van der Waals surface area contributed by atoms with E-state index in [4.69, 9.17) is 0 Å². The Bertz CT molecular complexity index is 476. The van der Waals surface area contributed by atoms with Crippen LogP contribution in [0.3, 0.4) is 0 Å². The second kappa shape index (κ2) is 5.01. The Morgan fingerprint density at radius 3 is 2.67 bits per heavy atom. The highest BCUT2D eigenvalue weighted by molar-refractivity contribution is 5.45. The smallest absolute Gasteiger partial charge is 0.119 e. The van der Waals surface area contributed by atoms with Gasteiger partial charge in [-0.1, -0.05) is 35.9 Å². The maximum absolute atomic E-state index is 10.2. The number of hydrogen-bond donors (Lipinski definition) is 1.